The molecule has 1 aromatic rings. The summed E-state index contributed by atoms with van der Waals surface area (Å²) in [7, 11) is 0. The Labute approximate surface area is 199 Å². The smallest absolute Gasteiger partial charge is 0.336 e. The summed E-state index contributed by atoms with van der Waals surface area (Å²) >= 11 is 0. The molecule has 14 heteroatoms. The third-order valence-electron chi connectivity index (χ3n) is 4.98. The van der Waals surface area contributed by atoms with E-state index in [2.05, 4.69) is 15.6 Å². The fourth-order valence-corrected chi connectivity index (χ4v) is 3.14. The molecule has 35 heavy (non-hydrogen) atoms. The highest BCUT2D eigenvalue weighted by Gasteiger charge is 2.38. The topological polar surface area (TPSA) is 247 Å². The summed E-state index contributed by atoms with van der Waals surface area (Å²) < 4.78 is 5.32. The molecule has 1 fully saturated rings. The second-order valence-corrected chi connectivity index (χ2v) is 7.76. The molecule has 2 rings (SSSR count). The quantitative estimate of drug-likeness (QED) is 0.0717. The number of rotatable bonds is 12. The Bertz CT molecular complexity index is 1050. The van der Waals surface area contributed by atoms with E-state index in [0.717, 1.165) is 0 Å². The summed E-state index contributed by atoms with van der Waals surface area (Å²) in [4.78, 5) is 50.6. The second-order valence-electron chi connectivity index (χ2n) is 7.76. The zero-order valence-electron chi connectivity index (χ0n) is 18.6. The van der Waals surface area contributed by atoms with Gasteiger partial charge in [-0.3, -0.25) is 19.4 Å². The van der Waals surface area contributed by atoms with Crippen molar-refractivity contribution in [1.82, 2.24) is 10.6 Å². The SMILES string of the molecule is NC(N)=NCCC[C@@H]1NC(=O)/C(=C/c2ccc(O)c(OCC[C@](O)(CC(=O)O)C(=O)O)c2)NC1=O. The Balaban J connectivity index is 2.04. The lowest BCUT2D eigenvalue weighted by atomic mass is 9.96. The van der Waals surface area contributed by atoms with Crippen molar-refractivity contribution in [3.05, 3.63) is 29.5 Å². The Kier molecular flexibility index (Phi) is 8.99. The molecule has 0 aromatic heterocycles. The molecule has 2 amide bonds. The number of amides is 2. The molecule has 0 bridgehead atoms. The lowest BCUT2D eigenvalue weighted by molar-refractivity contribution is -0.166. The minimum absolute atomic E-state index is 0.0474. The molecule has 1 heterocycles. The van der Waals surface area contributed by atoms with Crippen molar-refractivity contribution in [1.29, 1.82) is 0 Å². The Hall–Kier alpha value is -4.33. The highest BCUT2D eigenvalue weighted by atomic mass is 16.5. The first kappa shape index (κ1) is 26.9. The lowest BCUT2D eigenvalue weighted by Gasteiger charge is -2.25. The number of hydrogen-bond donors (Lipinski definition) is 8. The molecule has 0 aliphatic carbocycles. The predicted octanol–water partition coefficient (Wildman–Crippen LogP) is -1.54. The van der Waals surface area contributed by atoms with Crippen molar-refractivity contribution in [3.63, 3.8) is 0 Å². The van der Waals surface area contributed by atoms with Crippen LogP contribution in [0.1, 0.15) is 31.2 Å². The van der Waals surface area contributed by atoms with Gasteiger partial charge < -0.3 is 47.3 Å². The molecular formula is C21H27N5O9. The minimum Gasteiger partial charge on any atom is -0.504 e. The van der Waals surface area contributed by atoms with Crippen LogP contribution in [0.4, 0.5) is 0 Å². The lowest BCUT2D eigenvalue weighted by Crippen LogP contribution is -2.54. The number of aliphatic imine (C=N–C) groups is 1. The molecule has 190 valence electrons. The first-order chi connectivity index (χ1) is 16.4. The number of carboxylic acid groups (broad SMARTS) is 2. The number of hydrogen-bond acceptors (Lipinski definition) is 8. The van der Waals surface area contributed by atoms with E-state index in [9.17, 15) is 29.4 Å². The van der Waals surface area contributed by atoms with Crippen molar-refractivity contribution in [2.75, 3.05) is 13.2 Å². The highest BCUT2D eigenvalue weighted by molar-refractivity contribution is 6.07. The molecule has 14 nitrogen and oxygen atoms in total. The highest BCUT2D eigenvalue weighted by Crippen LogP contribution is 2.29. The third kappa shape index (κ3) is 7.89. The van der Waals surface area contributed by atoms with Gasteiger partial charge in [0.15, 0.2) is 23.1 Å². The number of phenolic OH excluding ortho intramolecular Hbond substituents is 1. The number of aliphatic hydroxyl groups is 1. The zero-order chi connectivity index (χ0) is 26.2. The molecular weight excluding hydrogens is 466 g/mol. The number of carbonyl (C=O) groups is 4. The van der Waals surface area contributed by atoms with Gasteiger partial charge in [-0.05, 0) is 36.6 Å². The summed E-state index contributed by atoms with van der Waals surface area (Å²) in [5.74, 6) is -4.68. The number of nitrogens with two attached hydrogens (primary N) is 2. The number of nitrogens with one attached hydrogen (secondary N) is 2. The number of phenols is 1. The van der Waals surface area contributed by atoms with Gasteiger partial charge in [-0.2, -0.15) is 0 Å². The monoisotopic (exact) mass is 493 g/mol. The molecule has 10 N–H and O–H groups in total. The summed E-state index contributed by atoms with van der Waals surface area (Å²) in [5.41, 5.74) is 8.23. The molecule has 1 aliphatic rings. The number of ether oxygens (including phenoxy) is 1. The van der Waals surface area contributed by atoms with E-state index >= 15 is 0 Å². The normalized spacial score (nSPS) is 18.2. The van der Waals surface area contributed by atoms with Gasteiger partial charge in [-0.25, -0.2) is 4.79 Å². The van der Waals surface area contributed by atoms with Crippen LogP contribution in [0, 0.1) is 0 Å². The molecule has 0 radical (unpaired) electrons. The van der Waals surface area contributed by atoms with Crippen LogP contribution >= 0.6 is 0 Å². The Morgan fingerprint density at radius 2 is 1.94 bits per heavy atom. The van der Waals surface area contributed by atoms with Crippen molar-refractivity contribution in [3.8, 4) is 11.5 Å². The van der Waals surface area contributed by atoms with Gasteiger partial charge in [-0.1, -0.05) is 6.07 Å². The van der Waals surface area contributed by atoms with Crippen LogP contribution in [0.2, 0.25) is 0 Å². The van der Waals surface area contributed by atoms with Crippen LogP contribution < -0.4 is 26.8 Å². The third-order valence-corrected chi connectivity index (χ3v) is 4.98. The molecule has 1 aromatic carbocycles. The zero-order valence-corrected chi connectivity index (χ0v) is 18.6. The van der Waals surface area contributed by atoms with Crippen LogP contribution in [-0.2, 0) is 19.2 Å². The molecule has 0 spiro atoms. The number of carboxylic acids is 2. The number of aliphatic carboxylic acids is 2. The van der Waals surface area contributed by atoms with Crippen molar-refractivity contribution >= 4 is 35.8 Å². The summed E-state index contributed by atoms with van der Waals surface area (Å²) in [6.45, 7) is -0.121. The summed E-state index contributed by atoms with van der Waals surface area (Å²) in [6, 6.07) is 3.25. The van der Waals surface area contributed by atoms with Gasteiger partial charge in [0.05, 0.1) is 13.0 Å². The number of benzene rings is 1. The van der Waals surface area contributed by atoms with Crippen molar-refractivity contribution < 1.29 is 44.3 Å². The predicted molar refractivity (Wildman–Crippen MR) is 121 cm³/mol. The van der Waals surface area contributed by atoms with Crippen molar-refractivity contribution in [2.45, 2.75) is 37.3 Å². The molecule has 0 unspecified atom stereocenters. The van der Waals surface area contributed by atoms with Gasteiger partial charge in [-0.15, -0.1) is 0 Å². The number of piperazine rings is 1. The van der Waals surface area contributed by atoms with Gasteiger partial charge in [0.2, 0.25) is 5.91 Å². The van der Waals surface area contributed by atoms with Gasteiger partial charge in [0.25, 0.3) is 5.91 Å². The fraction of sp³-hybridized carbons (Fsp3) is 0.381. The van der Waals surface area contributed by atoms with Crippen LogP contribution in [0.5, 0.6) is 11.5 Å². The number of nitrogens with zero attached hydrogens (tertiary/aromatic N) is 1. The minimum atomic E-state index is -2.55. The standard InChI is InChI=1S/C21H27N5O9/c22-20(23)24-6-1-2-12-17(30)26-13(18(31)25-12)8-11-3-4-14(27)15(9-11)35-7-5-21(34,19(32)33)10-16(28)29/h3-4,8-9,12,27,34H,1-2,5-7,10H2,(H,25,31)(H,26,30)(H,28,29)(H,32,33)(H4,22,23,24)/b13-8-/t12-,21-/m0/s1. The molecule has 0 saturated carbocycles. The van der Waals surface area contributed by atoms with Crippen LogP contribution in [0.3, 0.4) is 0 Å². The first-order valence-electron chi connectivity index (χ1n) is 10.4. The van der Waals surface area contributed by atoms with E-state index in [0.29, 0.717) is 24.9 Å². The molecule has 1 aliphatic heterocycles. The second kappa shape index (κ2) is 11.7. The van der Waals surface area contributed by atoms with E-state index < -0.39 is 54.8 Å². The first-order valence-corrected chi connectivity index (χ1v) is 10.4. The molecule has 2 atom stereocenters. The molecule has 1 saturated heterocycles. The van der Waals surface area contributed by atoms with Crippen LogP contribution in [0.25, 0.3) is 6.08 Å². The Morgan fingerprint density at radius 1 is 1.23 bits per heavy atom. The van der Waals surface area contributed by atoms with Crippen molar-refractivity contribution in [2.24, 2.45) is 16.5 Å². The fourth-order valence-electron chi connectivity index (χ4n) is 3.14. The number of aromatic hydroxyl groups is 1. The van der Waals surface area contributed by atoms with Gasteiger partial charge >= 0.3 is 11.9 Å². The summed E-state index contributed by atoms with van der Waals surface area (Å²) in [5, 5.41) is 43.0. The van der Waals surface area contributed by atoms with Crippen LogP contribution in [-0.4, -0.2) is 74.9 Å². The van der Waals surface area contributed by atoms with Gasteiger partial charge in [0.1, 0.15) is 11.7 Å². The van der Waals surface area contributed by atoms with E-state index in [-0.39, 0.29) is 23.2 Å². The van der Waals surface area contributed by atoms with E-state index in [4.69, 9.17) is 26.4 Å². The van der Waals surface area contributed by atoms with Crippen LogP contribution in [0.15, 0.2) is 28.9 Å². The number of guanidine groups is 1. The van der Waals surface area contributed by atoms with Gasteiger partial charge in [0, 0.05) is 13.0 Å². The maximum Gasteiger partial charge on any atom is 0.336 e. The number of carbonyl (C=O) groups excluding carboxylic acids is 2. The summed E-state index contributed by atoms with van der Waals surface area (Å²) in [6.07, 6.45) is 0.532. The maximum absolute atomic E-state index is 12.4. The Morgan fingerprint density at radius 3 is 2.57 bits per heavy atom. The van der Waals surface area contributed by atoms with E-state index in [1.165, 1.54) is 24.3 Å². The average Bonchev–Trinajstić information content (AvgIpc) is 2.75. The maximum atomic E-state index is 12.4. The average molecular weight is 493 g/mol. The van der Waals surface area contributed by atoms with E-state index in [1.54, 1.807) is 0 Å². The van der Waals surface area contributed by atoms with E-state index in [1.807, 2.05) is 0 Å². The largest absolute Gasteiger partial charge is 0.504 e.